The number of hydrogen-bond donors (Lipinski definition) is 1. The molecule has 0 aliphatic carbocycles. The molecule has 5 nitrogen and oxygen atoms in total. The van der Waals surface area contributed by atoms with Crippen LogP contribution in [-0.2, 0) is 0 Å². The van der Waals surface area contributed by atoms with E-state index >= 15 is 0 Å². The number of phenols is 1. The van der Waals surface area contributed by atoms with Crippen molar-refractivity contribution in [1.29, 1.82) is 0 Å². The molecule has 2 aromatic rings. The van der Waals surface area contributed by atoms with Gasteiger partial charge in [0.2, 0.25) is 0 Å². The van der Waals surface area contributed by atoms with E-state index in [1.54, 1.807) is 30.5 Å². The second-order valence-corrected chi connectivity index (χ2v) is 5.06. The molecule has 104 valence electrons. The van der Waals surface area contributed by atoms with Crippen LogP contribution in [0.2, 0.25) is 0 Å². The molecule has 2 heterocycles. The Bertz CT molecular complexity index is 570. The summed E-state index contributed by atoms with van der Waals surface area (Å²) in [7, 11) is 0. The fourth-order valence-corrected chi connectivity index (χ4v) is 2.62. The predicted octanol–water partition coefficient (Wildman–Crippen LogP) is 2.07. The van der Waals surface area contributed by atoms with E-state index in [9.17, 15) is 9.90 Å². The number of nitrogens with zero attached hydrogens (tertiary/aromatic N) is 3. The van der Waals surface area contributed by atoms with E-state index in [2.05, 4.69) is 5.10 Å². The van der Waals surface area contributed by atoms with E-state index in [0.717, 1.165) is 25.9 Å². The second kappa shape index (κ2) is 5.36. The molecule has 1 fully saturated rings. The van der Waals surface area contributed by atoms with Crippen LogP contribution in [-0.4, -0.2) is 38.8 Å². The Labute approximate surface area is 117 Å². The molecule has 1 aromatic heterocycles. The highest BCUT2D eigenvalue weighted by molar-refractivity contribution is 5.94. The Hall–Kier alpha value is -2.30. The lowest BCUT2D eigenvalue weighted by molar-refractivity contribution is 0.0690. The van der Waals surface area contributed by atoms with Gasteiger partial charge in [0.05, 0.1) is 6.04 Å². The molecule has 0 spiro atoms. The summed E-state index contributed by atoms with van der Waals surface area (Å²) in [5.74, 6) is 0.211. The topological polar surface area (TPSA) is 58.4 Å². The van der Waals surface area contributed by atoms with Gasteiger partial charge in [0, 0.05) is 31.0 Å². The highest BCUT2D eigenvalue weighted by atomic mass is 16.3. The van der Waals surface area contributed by atoms with Gasteiger partial charge in [-0.1, -0.05) is 0 Å². The van der Waals surface area contributed by atoms with E-state index in [0.29, 0.717) is 11.6 Å². The van der Waals surface area contributed by atoms with E-state index in [-0.39, 0.29) is 11.7 Å². The normalized spacial score (nSPS) is 16.3. The molecule has 0 atom stereocenters. The van der Waals surface area contributed by atoms with Gasteiger partial charge in [0.25, 0.3) is 5.91 Å². The Morgan fingerprint density at radius 2 is 1.90 bits per heavy atom. The summed E-state index contributed by atoms with van der Waals surface area (Å²) in [5, 5.41) is 13.5. The number of aromatic nitrogens is 2. The van der Waals surface area contributed by atoms with Gasteiger partial charge in [-0.3, -0.25) is 9.48 Å². The van der Waals surface area contributed by atoms with Crippen LogP contribution in [0.1, 0.15) is 29.2 Å². The monoisotopic (exact) mass is 271 g/mol. The van der Waals surface area contributed by atoms with Crippen LogP contribution < -0.4 is 0 Å². The van der Waals surface area contributed by atoms with Crippen molar-refractivity contribution >= 4 is 5.91 Å². The summed E-state index contributed by atoms with van der Waals surface area (Å²) in [5.41, 5.74) is 0.625. The van der Waals surface area contributed by atoms with Gasteiger partial charge in [-0.25, -0.2) is 0 Å². The van der Waals surface area contributed by atoms with Gasteiger partial charge in [-0.2, -0.15) is 5.10 Å². The molecule has 1 aliphatic heterocycles. The average Bonchev–Trinajstić information content (AvgIpc) is 3.02. The van der Waals surface area contributed by atoms with Crippen molar-refractivity contribution in [2.75, 3.05) is 13.1 Å². The highest BCUT2D eigenvalue weighted by Crippen LogP contribution is 2.23. The molecule has 1 saturated heterocycles. The fraction of sp³-hybridized carbons (Fsp3) is 0.333. The lowest BCUT2D eigenvalue weighted by Crippen LogP contribution is -2.39. The first-order chi connectivity index (χ1) is 9.74. The maximum Gasteiger partial charge on any atom is 0.253 e. The number of carbonyl (C=O) groups excluding carboxylic acids is 1. The van der Waals surface area contributed by atoms with Gasteiger partial charge in [-0.15, -0.1) is 0 Å². The fourth-order valence-electron chi connectivity index (χ4n) is 2.62. The summed E-state index contributed by atoms with van der Waals surface area (Å²) in [4.78, 5) is 14.2. The summed E-state index contributed by atoms with van der Waals surface area (Å²) in [6.45, 7) is 1.48. The number of phenolic OH excluding ortho intramolecular Hbond substituents is 1. The van der Waals surface area contributed by atoms with Crippen molar-refractivity contribution in [3.8, 4) is 5.75 Å². The third kappa shape index (κ3) is 2.52. The molecule has 3 rings (SSSR count). The quantitative estimate of drug-likeness (QED) is 0.909. The lowest BCUT2D eigenvalue weighted by atomic mass is 10.0. The standard InChI is InChI=1S/C15H17N3O2/c19-14-4-2-12(3-5-14)15(20)17-10-6-13(7-11-17)18-9-1-8-16-18/h1-5,8-9,13,19H,6-7,10-11H2. The third-order valence-corrected chi connectivity index (χ3v) is 3.76. The van der Waals surface area contributed by atoms with Crippen molar-refractivity contribution in [2.45, 2.75) is 18.9 Å². The van der Waals surface area contributed by atoms with Crippen molar-refractivity contribution < 1.29 is 9.90 Å². The zero-order valence-corrected chi connectivity index (χ0v) is 11.1. The van der Waals surface area contributed by atoms with E-state index in [1.165, 1.54) is 0 Å². The maximum atomic E-state index is 12.3. The first-order valence-corrected chi connectivity index (χ1v) is 6.81. The van der Waals surface area contributed by atoms with Gasteiger partial charge in [-0.05, 0) is 43.2 Å². The van der Waals surface area contributed by atoms with Crippen LogP contribution in [0.4, 0.5) is 0 Å². The van der Waals surface area contributed by atoms with E-state index in [1.807, 2.05) is 21.8 Å². The van der Waals surface area contributed by atoms with Gasteiger partial charge in [0.15, 0.2) is 0 Å². The molecule has 1 aliphatic rings. The van der Waals surface area contributed by atoms with Crippen molar-refractivity contribution in [2.24, 2.45) is 0 Å². The number of hydrogen-bond acceptors (Lipinski definition) is 3. The molecule has 0 saturated carbocycles. The molecular weight excluding hydrogens is 254 g/mol. The molecule has 0 unspecified atom stereocenters. The largest absolute Gasteiger partial charge is 0.508 e. The van der Waals surface area contributed by atoms with Gasteiger partial charge < -0.3 is 10.0 Å². The maximum absolute atomic E-state index is 12.3. The molecule has 20 heavy (non-hydrogen) atoms. The Morgan fingerprint density at radius 1 is 1.20 bits per heavy atom. The summed E-state index contributed by atoms with van der Waals surface area (Å²) in [6, 6.07) is 8.73. The average molecular weight is 271 g/mol. The zero-order chi connectivity index (χ0) is 13.9. The SMILES string of the molecule is O=C(c1ccc(O)cc1)N1CCC(n2cccn2)CC1. The minimum absolute atomic E-state index is 0.0314. The Balaban J connectivity index is 1.63. The molecule has 0 bridgehead atoms. The van der Waals surface area contributed by atoms with Gasteiger partial charge in [0.1, 0.15) is 5.75 Å². The van der Waals surface area contributed by atoms with Crippen molar-refractivity contribution in [3.05, 3.63) is 48.3 Å². The molecule has 1 aromatic carbocycles. The van der Waals surface area contributed by atoms with E-state index in [4.69, 9.17) is 0 Å². The zero-order valence-electron chi connectivity index (χ0n) is 11.1. The number of likely N-dealkylation sites (tertiary alicyclic amines) is 1. The van der Waals surface area contributed by atoms with Crippen LogP contribution in [0.25, 0.3) is 0 Å². The number of piperidine rings is 1. The van der Waals surface area contributed by atoms with Crippen LogP contribution in [0.5, 0.6) is 5.75 Å². The van der Waals surface area contributed by atoms with Crippen molar-refractivity contribution in [1.82, 2.24) is 14.7 Å². The third-order valence-electron chi connectivity index (χ3n) is 3.76. The van der Waals surface area contributed by atoms with Crippen LogP contribution in [0.3, 0.4) is 0 Å². The Morgan fingerprint density at radius 3 is 2.50 bits per heavy atom. The molecule has 1 amide bonds. The van der Waals surface area contributed by atoms with Crippen LogP contribution in [0.15, 0.2) is 42.7 Å². The minimum Gasteiger partial charge on any atom is -0.508 e. The minimum atomic E-state index is 0.0314. The summed E-state index contributed by atoms with van der Waals surface area (Å²) < 4.78 is 1.97. The lowest BCUT2D eigenvalue weighted by Gasteiger charge is -2.32. The second-order valence-electron chi connectivity index (χ2n) is 5.06. The van der Waals surface area contributed by atoms with E-state index < -0.39 is 0 Å². The van der Waals surface area contributed by atoms with Crippen LogP contribution >= 0.6 is 0 Å². The number of benzene rings is 1. The molecule has 5 heteroatoms. The molecular formula is C15H17N3O2. The predicted molar refractivity (Wildman–Crippen MR) is 74.5 cm³/mol. The number of carbonyl (C=O) groups is 1. The smallest absolute Gasteiger partial charge is 0.253 e. The van der Waals surface area contributed by atoms with Crippen LogP contribution in [0, 0.1) is 0 Å². The highest BCUT2D eigenvalue weighted by Gasteiger charge is 2.24. The van der Waals surface area contributed by atoms with Gasteiger partial charge >= 0.3 is 0 Å². The Kier molecular flexibility index (Phi) is 3.41. The van der Waals surface area contributed by atoms with Crippen molar-refractivity contribution in [3.63, 3.8) is 0 Å². The first-order valence-electron chi connectivity index (χ1n) is 6.81. The molecule has 0 radical (unpaired) electrons. The summed E-state index contributed by atoms with van der Waals surface area (Å²) >= 11 is 0. The number of rotatable bonds is 2. The number of aromatic hydroxyl groups is 1. The first kappa shape index (κ1) is 12.7. The number of amides is 1. The summed E-state index contributed by atoms with van der Waals surface area (Å²) in [6.07, 6.45) is 5.60. The molecule has 1 N–H and O–H groups in total.